The number of Topliss-reactive ketones (excluding diaryl/α,β-unsaturated/α-hetero) is 1. The number of rotatable bonds is 7. The van der Waals surface area contributed by atoms with Crippen LogP contribution < -0.4 is 0 Å². The van der Waals surface area contributed by atoms with Crippen LogP contribution in [0.1, 0.15) is 52.5 Å². The standard InChI is InChI=1S/C16H19FO5/c1-4-5-6-11(18)9-12-13(15(19)21-2)7-10(17)8-14(12)16(20)22-3/h7-8H,4-6,9H2,1-3H3. The zero-order chi connectivity index (χ0) is 16.7. The van der Waals surface area contributed by atoms with Crippen LogP contribution in [0.15, 0.2) is 12.1 Å². The summed E-state index contributed by atoms with van der Waals surface area (Å²) < 4.78 is 22.8. The number of ether oxygens (including phenoxy) is 2. The van der Waals surface area contributed by atoms with Crippen molar-refractivity contribution in [1.29, 1.82) is 0 Å². The molecule has 0 heterocycles. The van der Waals surface area contributed by atoms with Crippen molar-refractivity contribution in [2.45, 2.75) is 32.6 Å². The number of halogens is 1. The Morgan fingerprint density at radius 1 is 1.05 bits per heavy atom. The van der Waals surface area contributed by atoms with Gasteiger partial charge in [-0.15, -0.1) is 0 Å². The first kappa shape index (κ1) is 17.8. The molecule has 0 bridgehead atoms. The van der Waals surface area contributed by atoms with Crippen LogP contribution in [0, 0.1) is 5.82 Å². The molecule has 0 unspecified atom stereocenters. The Bertz CT molecular complexity index is 543. The number of esters is 2. The molecule has 1 aromatic rings. The Labute approximate surface area is 128 Å². The zero-order valence-electron chi connectivity index (χ0n) is 12.9. The van der Waals surface area contributed by atoms with Crippen molar-refractivity contribution in [3.05, 3.63) is 34.6 Å². The van der Waals surface area contributed by atoms with Crippen LogP contribution in [-0.2, 0) is 20.7 Å². The van der Waals surface area contributed by atoms with E-state index >= 15 is 0 Å². The summed E-state index contributed by atoms with van der Waals surface area (Å²) in [5, 5.41) is 0. The van der Waals surface area contributed by atoms with Gasteiger partial charge in [0.25, 0.3) is 0 Å². The molecule has 1 rings (SSSR count). The molecule has 22 heavy (non-hydrogen) atoms. The van der Waals surface area contributed by atoms with E-state index in [1.54, 1.807) is 0 Å². The molecule has 0 aliphatic heterocycles. The molecule has 0 aliphatic rings. The molecule has 120 valence electrons. The first-order valence-electron chi connectivity index (χ1n) is 6.95. The SMILES string of the molecule is CCCCC(=O)Cc1c(C(=O)OC)cc(F)cc1C(=O)OC. The van der Waals surface area contributed by atoms with E-state index in [0.717, 1.165) is 32.8 Å². The van der Waals surface area contributed by atoms with Gasteiger partial charge in [-0.2, -0.15) is 0 Å². The van der Waals surface area contributed by atoms with Gasteiger partial charge in [0.2, 0.25) is 0 Å². The Morgan fingerprint density at radius 3 is 1.95 bits per heavy atom. The van der Waals surface area contributed by atoms with Crippen LogP contribution in [-0.4, -0.2) is 31.9 Å². The van der Waals surface area contributed by atoms with Crippen molar-refractivity contribution >= 4 is 17.7 Å². The lowest BCUT2D eigenvalue weighted by molar-refractivity contribution is -0.118. The maximum Gasteiger partial charge on any atom is 0.338 e. The Kier molecular flexibility index (Phi) is 6.69. The fourth-order valence-corrected chi connectivity index (χ4v) is 2.07. The van der Waals surface area contributed by atoms with E-state index in [2.05, 4.69) is 9.47 Å². The van der Waals surface area contributed by atoms with Crippen LogP contribution in [0.25, 0.3) is 0 Å². The molecule has 0 aliphatic carbocycles. The third-order valence-corrected chi connectivity index (χ3v) is 3.21. The molecule has 0 N–H and O–H groups in total. The smallest absolute Gasteiger partial charge is 0.338 e. The minimum absolute atomic E-state index is 0.132. The predicted molar refractivity (Wildman–Crippen MR) is 77.3 cm³/mol. The second-order valence-corrected chi connectivity index (χ2v) is 4.78. The lowest BCUT2D eigenvalue weighted by atomic mass is 9.94. The third kappa shape index (κ3) is 4.38. The van der Waals surface area contributed by atoms with Crippen molar-refractivity contribution in [3.8, 4) is 0 Å². The maximum atomic E-state index is 13.6. The minimum atomic E-state index is -0.803. The minimum Gasteiger partial charge on any atom is -0.465 e. The quantitative estimate of drug-likeness (QED) is 0.724. The molecule has 5 nitrogen and oxygen atoms in total. The van der Waals surface area contributed by atoms with E-state index in [1.165, 1.54) is 0 Å². The van der Waals surface area contributed by atoms with Crippen molar-refractivity contribution in [3.63, 3.8) is 0 Å². The van der Waals surface area contributed by atoms with Gasteiger partial charge in [-0.1, -0.05) is 13.3 Å². The summed E-state index contributed by atoms with van der Waals surface area (Å²) >= 11 is 0. The van der Waals surface area contributed by atoms with Gasteiger partial charge in [0.05, 0.1) is 25.3 Å². The van der Waals surface area contributed by atoms with Crippen molar-refractivity contribution in [2.24, 2.45) is 0 Å². The van der Waals surface area contributed by atoms with E-state index in [4.69, 9.17) is 0 Å². The molecule has 6 heteroatoms. The van der Waals surface area contributed by atoms with Gasteiger partial charge in [0, 0.05) is 12.8 Å². The fourth-order valence-electron chi connectivity index (χ4n) is 2.07. The normalized spacial score (nSPS) is 10.2. The van der Waals surface area contributed by atoms with Crippen LogP contribution in [0.5, 0.6) is 0 Å². The number of hydrogen-bond acceptors (Lipinski definition) is 5. The van der Waals surface area contributed by atoms with E-state index in [-0.39, 0.29) is 28.9 Å². The molecule has 0 radical (unpaired) electrons. The number of methoxy groups -OCH3 is 2. The highest BCUT2D eigenvalue weighted by Gasteiger charge is 2.23. The second kappa shape index (κ2) is 8.26. The monoisotopic (exact) mass is 310 g/mol. The molecular formula is C16H19FO5. The Balaban J connectivity index is 3.31. The molecular weight excluding hydrogens is 291 g/mol. The number of unbranched alkanes of at least 4 members (excludes halogenated alkanes) is 1. The van der Waals surface area contributed by atoms with Crippen LogP contribution in [0.3, 0.4) is 0 Å². The van der Waals surface area contributed by atoms with Gasteiger partial charge in [0.15, 0.2) is 0 Å². The Morgan fingerprint density at radius 2 is 1.55 bits per heavy atom. The number of benzene rings is 1. The summed E-state index contributed by atoms with van der Waals surface area (Å²) in [6, 6.07) is 1.92. The summed E-state index contributed by atoms with van der Waals surface area (Å²) in [6.45, 7) is 1.95. The molecule has 0 amide bonds. The highest BCUT2D eigenvalue weighted by atomic mass is 19.1. The van der Waals surface area contributed by atoms with Gasteiger partial charge in [0.1, 0.15) is 11.6 Å². The molecule has 0 saturated heterocycles. The third-order valence-electron chi connectivity index (χ3n) is 3.21. The number of carbonyl (C=O) groups excluding carboxylic acids is 3. The van der Waals surface area contributed by atoms with Crippen LogP contribution in [0.4, 0.5) is 4.39 Å². The van der Waals surface area contributed by atoms with Crippen molar-refractivity contribution in [2.75, 3.05) is 14.2 Å². The average molecular weight is 310 g/mol. The lowest BCUT2D eigenvalue weighted by Gasteiger charge is -2.12. The summed E-state index contributed by atoms with van der Waals surface area (Å²) in [5.74, 6) is -2.51. The molecule has 0 spiro atoms. The summed E-state index contributed by atoms with van der Waals surface area (Å²) in [6.07, 6.45) is 1.74. The maximum absolute atomic E-state index is 13.6. The van der Waals surface area contributed by atoms with E-state index < -0.39 is 17.8 Å². The number of carbonyl (C=O) groups is 3. The van der Waals surface area contributed by atoms with Gasteiger partial charge in [-0.25, -0.2) is 14.0 Å². The average Bonchev–Trinajstić information content (AvgIpc) is 2.52. The van der Waals surface area contributed by atoms with Crippen molar-refractivity contribution in [1.82, 2.24) is 0 Å². The highest BCUT2D eigenvalue weighted by molar-refractivity contribution is 6.00. The molecule has 1 aromatic carbocycles. The van der Waals surface area contributed by atoms with E-state index in [0.29, 0.717) is 12.8 Å². The molecule has 0 saturated carbocycles. The van der Waals surface area contributed by atoms with E-state index in [9.17, 15) is 18.8 Å². The van der Waals surface area contributed by atoms with Crippen LogP contribution >= 0.6 is 0 Å². The lowest BCUT2D eigenvalue weighted by Crippen LogP contribution is -2.17. The molecule has 0 fully saturated rings. The summed E-state index contributed by atoms with van der Waals surface area (Å²) in [7, 11) is 2.29. The first-order chi connectivity index (χ1) is 10.4. The van der Waals surface area contributed by atoms with Gasteiger partial charge in [-0.3, -0.25) is 4.79 Å². The van der Waals surface area contributed by atoms with E-state index in [1.807, 2.05) is 6.92 Å². The second-order valence-electron chi connectivity index (χ2n) is 4.78. The first-order valence-corrected chi connectivity index (χ1v) is 6.95. The molecule has 0 atom stereocenters. The Hall–Kier alpha value is -2.24. The predicted octanol–water partition coefficient (Wildman–Crippen LogP) is 2.70. The highest BCUT2D eigenvalue weighted by Crippen LogP contribution is 2.21. The number of hydrogen-bond donors (Lipinski definition) is 0. The number of ketones is 1. The van der Waals surface area contributed by atoms with Gasteiger partial charge >= 0.3 is 11.9 Å². The summed E-state index contributed by atoms with van der Waals surface area (Å²) in [5.41, 5.74) is -0.123. The largest absolute Gasteiger partial charge is 0.465 e. The van der Waals surface area contributed by atoms with Gasteiger partial charge < -0.3 is 9.47 Å². The topological polar surface area (TPSA) is 69.7 Å². The fraction of sp³-hybridized carbons (Fsp3) is 0.438. The van der Waals surface area contributed by atoms with Gasteiger partial charge in [-0.05, 0) is 24.1 Å². The van der Waals surface area contributed by atoms with Crippen LogP contribution in [0.2, 0.25) is 0 Å². The summed E-state index contributed by atoms with van der Waals surface area (Å²) in [4.78, 5) is 35.6. The molecule has 0 aromatic heterocycles. The van der Waals surface area contributed by atoms with Crippen molar-refractivity contribution < 1.29 is 28.2 Å². The zero-order valence-corrected chi connectivity index (χ0v) is 12.9.